The van der Waals surface area contributed by atoms with E-state index in [1.54, 1.807) is 42.4 Å². The molecule has 1 atom stereocenters. The number of carbonyl (C=O) groups excluding carboxylic acids is 2. The number of hydrogen-bond acceptors (Lipinski definition) is 7. The number of aliphatic imine (C=N–C) groups is 1. The summed E-state index contributed by atoms with van der Waals surface area (Å²) in [6.45, 7) is 4.00. The van der Waals surface area contributed by atoms with E-state index in [0.717, 1.165) is 17.4 Å². The highest BCUT2D eigenvalue weighted by molar-refractivity contribution is 7.90. The fraction of sp³-hybridized carbons (Fsp3) is 0.200. The van der Waals surface area contributed by atoms with Crippen molar-refractivity contribution in [2.75, 3.05) is 30.5 Å². The third-order valence-electron chi connectivity index (χ3n) is 6.74. The Balaban J connectivity index is 1.56. The lowest BCUT2D eigenvalue weighted by atomic mass is 9.88. The molecule has 0 spiro atoms. The van der Waals surface area contributed by atoms with E-state index in [2.05, 4.69) is 33.7 Å². The van der Waals surface area contributed by atoms with Crippen LogP contribution < -0.4 is 16.0 Å². The Kier molecular flexibility index (Phi) is 8.84. The topological polar surface area (TPSA) is 144 Å². The number of fused-ring (bicyclic) bond motifs is 1. The van der Waals surface area contributed by atoms with E-state index in [-0.39, 0.29) is 16.8 Å². The van der Waals surface area contributed by atoms with Crippen molar-refractivity contribution in [3.63, 3.8) is 0 Å². The zero-order valence-electron chi connectivity index (χ0n) is 22.7. The van der Waals surface area contributed by atoms with E-state index in [0.29, 0.717) is 47.6 Å². The number of amides is 3. The molecular weight excluding hydrogens is 540 g/mol. The molecule has 11 heteroatoms. The Morgan fingerprint density at radius 3 is 2.37 bits per heavy atom. The van der Waals surface area contributed by atoms with Crippen LogP contribution in [0.1, 0.15) is 39.5 Å². The molecule has 210 valence electrons. The minimum atomic E-state index is -3.35. The third-order valence-corrected chi connectivity index (χ3v) is 7.86. The number of carbonyl (C=O) groups is 2. The van der Waals surface area contributed by atoms with Crippen LogP contribution in [0.5, 0.6) is 0 Å². The molecule has 0 radical (unpaired) electrons. The van der Waals surface area contributed by atoms with Gasteiger partial charge in [0.05, 0.1) is 28.3 Å². The summed E-state index contributed by atoms with van der Waals surface area (Å²) in [5.41, 5.74) is 4.34. The van der Waals surface area contributed by atoms with E-state index in [1.165, 1.54) is 24.3 Å². The monoisotopic (exact) mass is 570 g/mol. The molecule has 3 amide bonds. The predicted octanol–water partition coefficient (Wildman–Crippen LogP) is 4.50. The molecule has 0 aromatic heterocycles. The van der Waals surface area contributed by atoms with Gasteiger partial charge in [0, 0.05) is 49.4 Å². The molecule has 0 aliphatic carbocycles. The first-order chi connectivity index (χ1) is 19.6. The van der Waals surface area contributed by atoms with Crippen LogP contribution in [0.2, 0.25) is 0 Å². The molecule has 10 nitrogen and oxygen atoms in total. The van der Waals surface area contributed by atoms with Crippen LogP contribution in [-0.2, 0) is 16.3 Å². The van der Waals surface area contributed by atoms with Crippen molar-refractivity contribution in [3.05, 3.63) is 101 Å². The molecule has 1 aliphatic rings. The molecule has 1 aliphatic heterocycles. The Morgan fingerprint density at radius 2 is 1.76 bits per heavy atom. The lowest BCUT2D eigenvalue weighted by Gasteiger charge is -2.37. The number of hydrogen-bond donors (Lipinski definition) is 3. The van der Waals surface area contributed by atoms with Crippen LogP contribution in [0.4, 0.5) is 16.2 Å². The van der Waals surface area contributed by atoms with Crippen molar-refractivity contribution < 1.29 is 18.0 Å². The van der Waals surface area contributed by atoms with Crippen LogP contribution >= 0.6 is 0 Å². The largest absolute Gasteiger partial charge is 0.393 e. The highest BCUT2D eigenvalue weighted by Crippen LogP contribution is 2.35. The smallest absolute Gasteiger partial charge is 0.323 e. The molecule has 3 N–H and O–H groups in total. The number of sulfone groups is 1. The second kappa shape index (κ2) is 12.5. The second-order valence-electron chi connectivity index (χ2n) is 9.53. The number of rotatable bonds is 9. The van der Waals surface area contributed by atoms with Crippen molar-refractivity contribution in [3.8, 4) is 6.07 Å². The molecule has 41 heavy (non-hydrogen) atoms. The number of urea groups is 1. The van der Waals surface area contributed by atoms with Gasteiger partial charge in [-0.2, -0.15) is 5.26 Å². The van der Waals surface area contributed by atoms with Gasteiger partial charge < -0.3 is 20.9 Å². The van der Waals surface area contributed by atoms with Gasteiger partial charge in [-0.15, -0.1) is 0 Å². The first kappa shape index (κ1) is 29.0. The number of anilines is 2. The summed E-state index contributed by atoms with van der Waals surface area (Å²) in [4.78, 5) is 32.5. The van der Waals surface area contributed by atoms with Crippen molar-refractivity contribution in [1.82, 2.24) is 10.2 Å². The number of nitriles is 1. The zero-order chi connectivity index (χ0) is 29.6. The van der Waals surface area contributed by atoms with Crippen molar-refractivity contribution in [2.24, 2.45) is 4.99 Å². The summed E-state index contributed by atoms with van der Waals surface area (Å²) in [6, 6.07) is 19.6. The van der Waals surface area contributed by atoms with Gasteiger partial charge in [0.25, 0.3) is 5.91 Å². The lowest BCUT2D eigenvalue weighted by Crippen LogP contribution is -2.41. The molecule has 0 bridgehead atoms. The standard InChI is InChI=1S/C30H30N6O4S/c1-32-19-25(33-2)14-15-36-28(21-6-4-20(18-31)5-7-21)16-22-8-9-24(17-27(22)29(36)37)35-30(38)34-23-10-12-26(13-11-23)41(3,39)40/h4-13,17,19,28,32H,2,14-16H2,1,3H3,(H2,34,35,38)/b25-19-. The van der Waals surface area contributed by atoms with Gasteiger partial charge in [0.1, 0.15) is 0 Å². The van der Waals surface area contributed by atoms with Gasteiger partial charge in [-0.05, 0) is 72.8 Å². The molecule has 1 heterocycles. The first-order valence-electron chi connectivity index (χ1n) is 12.8. The highest BCUT2D eigenvalue weighted by atomic mass is 32.2. The van der Waals surface area contributed by atoms with Gasteiger partial charge >= 0.3 is 6.03 Å². The van der Waals surface area contributed by atoms with Gasteiger partial charge in [0.15, 0.2) is 9.84 Å². The summed E-state index contributed by atoms with van der Waals surface area (Å²) in [6.07, 6.45) is 3.89. The average Bonchev–Trinajstić information content (AvgIpc) is 2.96. The Morgan fingerprint density at radius 1 is 1.10 bits per heavy atom. The summed E-state index contributed by atoms with van der Waals surface area (Å²) < 4.78 is 23.3. The second-order valence-corrected chi connectivity index (χ2v) is 11.5. The normalized spacial score (nSPS) is 15.0. The Labute approximate surface area is 239 Å². The quantitative estimate of drug-likeness (QED) is 0.323. The first-order valence-corrected chi connectivity index (χ1v) is 14.7. The molecule has 1 unspecified atom stereocenters. The van der Waals surface area contributed by atoms with Crippen LogP contribution in [0.15, 0.2) is 88.5 Å². The van der Waals surface area contributed by atoms with Gasteiger partial charge in [-0.25, -0.2) is 13.2 Å². The Bertz CT molecular complexity index is 1640. The molecule has 0 saturated heterocycles. The number of nitrogens with one attached hydrogen (secondary N) is 3. The summed E-state index contributed by atoms with van der Waals surface area (Å²) in [7, 11) is -1.58. The van der Waals surface area contributed by atoms with Crippen molar-refractivity contribution in [2.45, 2.75) is 23.8 Å². The van der Waals surface area contributed by atoms with E-state index in [1.807, 2.05) is 18.2 Å². The molecule has 3 aromatic carbocycles. The van der Waals surface area contributed by atoms with Crippen LogP contribution in [0.25, 0.3) is 0 Å². The fourth-order valence-electron chi connectivity index (χ4n) is 4.66. The van der Waals surface area contributed by atoms with Crippen LogP contribution in [-0.4, -0.2) is 51.8 Å². The zero-order valence-corrected chi connectivity index (χ0v) is 23.5. The highest BCUT2D eigenvalue weighted by Gasteiger charge is 2.33. The van der Waals surface area contributed by atoms with Crippen molar-refractivity contribution in [1.29, 1.82) is 5.26 Å². The SMILES string of the molecule is C=N/C(=C\NC)CCN1C(=O)c2cc(NC(=O)Nc3ccc(S(C)(=O)=O)cc3)ccc2CC1c1ccc(C#N)cc1. The van der Waals surface area contributed by atoms with Gasteiger partial charge in [-0.3, -0.25) is 9.79 Å². The lowest BCUT2D eigenvalue weighted by molar-refractivity contribution is 0.0650. The van der Waals surface area contributed by atoms with E-state index >= 15 is 0 Å². The summed E-state index contributed by atoms with van der Waals surface area (Å²) in [5.74, 6) is -0.186. The molecule has 4 rings (SSSR count). The predicted molar refractivity (Wildman–Crippen MR) is 159 cm³/mol. The molecular formula is C30H30N6O4S. The van der Waals surface area contributed by atoms with E-state index in [4.69, 9.17) is 0 Å². The minimum absolute atomic E-state index is 0.151. The summed E-state index contributed by atoms with van der Waals surface area (Å²) in [5, 5.41) is 17.5. The maximum Gasteiger partial charge on any atom is 0.323 e. The van der Waals surface area contributed by atoms with E-state index < -0.39 is 15.9 Å². The van der Waals surface area contributed by atoms with Gasteiger partial charge in [0.2, 0.25) is 0 Å². The van der Waals surface area contributed by atoms with E-state index in [9.17, 15) is 23.3 Å². The van der Waals surface area contributed by atoms with Gasteiger partial charge in [-0.1, -0.05) is 18.2 Å². The summed E-state index contributed by atoms with van der Waals surface area (Å²) >= 11 is 0. The number of benzene rings is 3. The molecule has 0 fully saturated rings. The fourth-order valence-corrected chi connectivity index (χ4v) is 5.29. The van der Waals surface area contributed by atoms with Crippen molar-refractivity contribution >= 4 is 39.9 Å². The minimum Gasteiger partial charge on any atom is -0.393 e. The number of nitrogens with zero attached hydrogens (tertiary/aromatic N) is 3. The maximum atomic E-state index is 13.8. The molecule has 0 saturated carbocycles. The maximum absolute atomic E-state index is 13.8. The third kappa shape index (κ3) is 6.98. The van der Waals surface area contributed by atoms with Crippen LogP contribution in [0, 0.1) is 11.3 Å². The average molecular weight is 571 g/mol. The molecule has 3 aromatic rings. The Hall–Kier alpha value is -4.95. The van der Waals surface area contributed by atoms with Crippen LogP contribution in [0.3, 0.4) is 0 Å².